The molecule has 2 aliphatic carbocycles. The third-order valence-corrected chi connectivity index (χ3v) is 4.61. The Morgan fingerprint density at radius 1 is 1.00 bits per heavy atom. The molecule has 0 radical (unpaired) electrons. The van der Waals surface area contributed by atoms with Crippen LogP contribution in [-0.2, 0) is 0 Å². The van der Waals surface area contributed by atoms with Crippen molar-refractivity contribution in [1.82, 2.24) is 9.97 Å². The van der Waals surface area contributed by atoms with E-state index in [0.717, 1.165) is 17.2 Å². The van der Waals surface area contributed by atoms with Crippen LogP contribution in [0.1, 0.15) is 68.7 Å². The number of halogens is 1. The number of hydrogen-bond donors (Lipinski definition) is 1. The van der Waals surface area contributed by atoms with Crippen molar-refractivity contribution >= 4 is 17.4 Å². The second-order valence-electron chi connectivity index (χ2n) is 5.95. The smallest absolute Gasteiger partial charge is 0.137 e. The van der Waals surface area contributed by atoms with E-state index in [0.29, 0.717) is 17.1 Å². The van der Waals surface area contributed by atoms with Gasteiger partial charge in [-0.2, -0.15) is 0 Å². The lowest BCUT2D eigenvalue weighted by molar-refractivity contribution is 0.616. The molecule has 3 nitrogen and oxygen atoms in total. The average molecular weight is 280 g/mol. The van der Waals surface area contributed by atoms with Crippen LogP contribution in [-0.4, -0.2) is 16.0 Å². The summed E-state index contributed by atoms with van der Waals surface area (Å²) in [6.45, 7) is 2.01. The van der Waals surface area contributed by atoms with Crippen LogP contribution in [0.15, 0.2) is 0 Å². The first-order chi connectivity index (χ1) is 9.24. The highest BCUT2D eigenvalue weighted by Gasteiger charge is 2.28. The monoisotopic (exact) mass is 279 g/mol. The minimum absolute atomic E-state index is 0.549. The van der Waals surface area contributed by atoms with Gasteiger partial charge < -0.3 is 5.32 Å². The molecule has 0 unspecified atom stereocenters. The fraction of sp³-hybridized carbons (Fsp3) is 0.733. The van der Waals surface area contributed by atoms with Crippen molar-refractivity contribution in [3.05, 3.63) is 16.5 Å². The molecule has 0 spiro atoms. The van der Waals surface area contributed by atoms with Crippen molar-refractivity contribution in [3.8, 4) is 0 Å². The van der Waals surface area contributed by atoms with Gasteiger partial charge in [0.2, 0.25) is 0 Å². The van der Waals surface area contributed by atoms with Gasteiger partial charge in [0.05, 0.1) is 0 Å². The van der Waals surface area contributed by atoms with Crippen LogP contribution in [0.3, 0.4) is 0 Å². The van der Waals surface area contributed by atoms with Crippen LogP contribution in [0.5, 0.6) is 0 Å². The Hall–Kier alpha value is -0.830. The molecule has 2 aliphatic rings. The van der Waals surface area contributed by atoms with E-state index in [1.54, 1.807) is 0 Å². The van der Waals surface area contributed by atoms with E-state index in [-0.39, 0.29) is 0 Å². The van der Waals surface area contributed by atoms with Gasteiger partial charge in [-0.05, 0) is 32.6 Å². The molecule has 1 aromatic rings. The van der Waals surface area contributed by atoms with E-state index in [1.807, 2.05) is 6.92 Å². The highest BCUT2D eigenvalue weighted by atomic mass is 35.5. The van der Waals surface area contributed by atoms with Crippen molar-refractivity contribution in [2.45, 2.75) is 70.3 Å². The summed E-state index contributed by atoms with van der Waals surface area (Å²) >= 11 is 6.25. The largest absolute Gasteiger partial charge is 0.367 e. The van der Waals surface area contributed by atoms with Crippen LogP contribution in [0.2, 0.25) is 5.15 Å². The molecule has 0 aliphatic heterocycles. The number of nitrogens with zero attached hydrogens (tertiary/aromatic N) is 2. The Labute approximate surface area is 120 Å². The quantitative estimate of drug-likeness (QED) is 0.656. The zero-order valence-electron chi connectivity index (χ0n) is 11.6. The lowest BCUT2D eigenvalue weighted by atomic mass is 10.1. The van der Waals surface area contributed by atoms with Crippen LogP contribution >= 0.6 is 11.6 Å². The summed E-state index contributed by atoms with van der Waals surface area (Å²) in [5.74, 6) is 2.45. The standard InChI is InChI=1S/C15H22ClN3/c1-10-13(16)18-15(11-8-9-11)19-14(10)17-12-6-4-2-3-5-7-12/h11-12H,2-9H2,1H3,(H,17,18,19). The topological polar surface area (TPSA) is 37.8 Å². The van der Waals surface area contributed by atoms with Gasteiger partial charge in [-0.3, -0.25) is 0 Å². The molecule has 0 atom stereocenters. The number of aromatic nitrogens is 2. The normalized spacial score (nSPS) is 21.2. The minimum Gasteiger partial charge on any atom is -0.367 e. The number of anilines is 1. The fourth-order valence-electron chi connectivity index (χ4n) is 2.79. The van der Waals surface area contributed by atoms with Crippen LogP contribution in [0.25, 0.3) is 0 Å². The van der Waals surface area contributed by atoms with E-state index in [4.69, 9.17) is 16.6 Å². The van der Waals surface area contributed by atoms with Gasteiger partial charge in [0.25, 0.3) is 0 Å². The molecule has 0 saturated heterocycles. The minimum atomic E-state index is 0.549. The molecule has 1 heterocycles. The van der Waals surface area contributed by atoms with Gasteiger partial charge in [-0.15, -0.1) is 0 Å². The number of nitrogens with one attached hydrogen (secondary N) is 1. The van der Waals surface area contributed by atoms with E-state index < -0.39 is 0 Å². The second kappa shape index (κ2) is 5.66. The molecule has 0 aromatic carbocycles. The Bertz CT molecular complexity index is 449. The predicted molar refractivity (Wildman–Crippen MR) is 78.9 cm³/mol. The van der Waals surface area contributed by atoms with Crippen molar-refractivity contribution in [2.75, 3.05) is 5.32 Å². The van der Waals surface area contributed by atoms with Gasteiger partial charge in [0.1, 0.15) is 16.8 Å². The summed E-state index contributed by atoms with van der Waals surface area (Å²) in [5, 5.41) is 4.24. The molecule has 0 bridgehead atoms. The summed E-state index contributed by atoms with van der Waals surface area (Å²) in [7, 11) is 0. The van der Waals surface area contributed by atoms with E-state index >= 15 is 0 Å². The first-order valence-corrected chi connectivity index (χ1v) is 7.92. The summed E-state index contributed by atoms with van der Waals surface area (Å²) in [4.78, 5) is 9.13. The second-order valence-corrected chi connectivity index (χ2v) is 6.31. The van der Waals surface area contributed by atoms with Gasteiger partial charge in [0.15, 0.2) is 0 Å². The summed E-state index contributed by atoms with van der Waals surface area (Å²) in [6.07, 6.45) is 10.3. The van der Waals surface area contributed by atoms with Gasteiger partial charge in [0, 0.05) is 17.5 Å². The number of rotatable bonds is 3. The highest BCUT2D eigenvalue weighted by Crippen LogP contribution is 2.39. The lowest BCUT2D eigenvalue weighted by Crippen LogP contribution is -2.20. The zero-order valence-corrected chi connectivity index (χ0v) is 12.3. The maximum absolute atomic E-state index is 6.25. The first-order valence-electron chi connectivity index (χ1n) is 7.54. The molecular formula is C15H22ClN3. The van der Waals surface area contributed by atoms with E-state index in [9.17, 15) is 0 Å². The molecule has 2 saturated carbocycles. The molecule has 0 amide bonds. The Balaban J connectivity index is 1.78. The Morgan fingerprint density at radius 2 is 1.68 bits per heavy atom. The summed E-state index contributed by atoms with van der Waals surface area (Å²) in [5.41, 5.74) is 0.996. The molecule has 2 fully saturated rings. The molecule has 1 aromatic heterocycles. The van der Waals surface area contributed by atoms with Crippen molar-refractivity contribution < 1.29 is 0 Å². The van der Waals surface area contributed by atoms with Gasteiger partial charge in [-0.25, -0.2) is 9.97 Å². The van der Waals surface area contributed by atoms with Crippen LogP contribution in [0, 0.1) is 6.92 Å². The molecule has 1 N–H and O–H groups in total. The summed E-state index contributed by atoms with van der Waals surface area (Å²) in [6, 6.07) is 0.555. The first kappa shape index (κ1) is 13.2. The SMILES string of the molecule is Cc1c(Cl)nc(C2CC2)nc1NC1CCCCCC1. The molecule has 3 rings (SSSR count). The van der Waals surface area contributed by atoms with E-state index in [2.05, 4.69) is 10.3 Å². The van der Waals surface area contributed by atoms with Crippen molar-refractivity contribution in [1.29, 1.82) is 0 Å². The van der Waals surface area contributed by atoms with Crippen molar-refractivity contribution in [2.24, 2.45) is 0 Å². The Morgan fingerprint density at radius 3 is 2.32 bits per heavy atom. The molecule has 104 valence electrons. The number of hydrogen-bond acceptors (Lipinski definition) is 3. The zero-order chi connectivity index (χ0) is 13.2. The van der Waals surface area contributed by atoms with Crippen LogP contribution < -0.4 is 5.32 Å². The van der Waals surface area contributed by atoms with Gasteiger partial charge >= 0.3 is 0 Å². The predicted octanol–water partition coefficient (Wildman–Crippen LogP) is 4.45. The molecule has 4 heteroatoms. The summed E-state index contributed by atoms with van der Waals surface area (Å²) < 4.78 is 0. The maximum Gasteiger partial charge on any atom is 0.137 e. The van der Waals surface area contributed by atoms with E-state index in [1.165, 1.54) is 51.4 Å². The Kier molecular flexibility index (Phi) is 3.92. The lowest BCUT2D eigenvalue weighted by Gasteiger charge is -2.19. The third-order valence-electron chi connectivity index (χ3n) is 4.24. The van der Waals surface area contributed by atoms with Gasteiger partial charge in [-0.1, -0.05) is 37.3 Å². The van der Waals surface area contributed by atoms with Crippen LogP contribution in [0.4, 0.5) is 5.82 Å². The third kappa shape index (κ3) is 3.19. The van der Waals surface area contributed by atoms with Crippen molar-refractivity contribution in [3.63, 3.8) is 0 Å². The maximum atomic E-state index is 6.25. The molecule has 19 heavy (non-hydrogen) atoms. The fourth-order valence-corrected chi connectivity index (χ4v) is 2.96. The average Bonchev–Trinajstić information content (AvgIpc) is 3.22. The molecular weight excluding hydrogens is 258 g/mol. The highest BCUT2D eigenvalue weighted by molar-refractivity contribution is 6.30.